The highest BCUT2D eigenvalue weighted by Gasteiger charge is 2.25. The molecule has 7 heteroatoms. The lowest BCUT2D eigenvalue weighted by Gasteiger charge is -2.26. The smallest absolute Gasteiger partial charge is 0.411 e. The standard InChI is InChI=1S/C20H22F2N2O3/c1-23-7-2-3-16(23)6-8-24(20(26)27)19-5-4-17(25)12-18(19)13-9-14(21)11-15(22)10-13/h4-5,9-12,16,25H,2-3,6-8H2,1H3,(H,26,27). The predicted octanol–water partition coefficient (Wildman–Crippen LogP) is 4.31. The van der Waals surface area contributed by atoms with Crippen molar-refractivity contribution in [1.82, 2.24) is 4.90 Å². The summed E-state index contributed by atoms with van der Waals surface area (Å²) in [4.78, 5) is 15.3. The number of carboxylic acid groups (broad SMARTS) is 1. The highest BCUT2D eigenvalue weighted by Crippen LogP contribution is 2.35. The molecule has 0 saturated carbocycles. The molecule has 1 unspecified atom stereocenters. The molecule has 0 spiro atoms. The van der Waals surface area contributed by atoms with E-state index in [1.165, 1.54) is 23.1 Å². The maximum atomic E-state index is 13.7. The van der Waals surface area contributed by atoms with Crippen LogP contribution in [0.5, 0.6) is 5.75 Å². The fourth-order valence-electron chi connectivity index (χ4n) is 3.64. The molecule has 27 heavy (non-hydrogen) atoms. The largest absolute Gasteiger partial charge is 0.508 e. The normalized spacial score (nSPS) is 17.2. The lowest BCUT2D eigenvalue weighted by atomic mass is 10.0. The number of hydrogen-bond acceptors (Lipinski definition) is 3. The average molecular weight is 376 g/mol. The van der Waals surface area contributed by atoms with Crippen molar-refractivity contribution >= 4 is 11.8 Å². The van der Waals surface area contributed by atoms with Crippen LogP contribution in [0.15, 0.2) is 36.4 Å². The first-order valence-corrected chi connectivity index (χ1v) is 8.85. The minimum atomic E-state index is -1.15. The maximum Gasteiger partial charge on any atom is 0.411 e. The molecule has 0 radical (unpaired) electrons. The van der Waals surface area contributed by atoms with Gasteiger partial charge < -0.3 is 15.1 Å². The summed E-state index contributed by atoms with van der Waals surface area (Å²) in [6, 6.07) is 7.43. The lowest BCUT2D eigenvalue weighted by molar-refractivity contribution is 0.200. The summed E-state index contributed by atoms with van der Waals surface area (Å²) in [6.07, 6.45) is 1.60. The van der Waals surface area contributed by atoms with Crippen LogP contribution < -0.4 is 4.90 Å². The second kappa shape index (κ2) is 7.92. The Morgan fingerprint density at radius 1 is 1.22 bits per heavy atom. The zero-order chi connectivity index (χ0) is 19.6. The van der Waals surface area contributed by atoms with Gasteiger partial charge in [-0.3, -0.25) is 4.90 Å². The van der Waals surface area contributed by atoms with Crippen molar-refractivity contribution in [2.75, 3.05) is 25.0 Å². The van der Waals surface area contributed by atoms with Crippen LogP contribution in [0.3, 0.4) is 0 Å². The van der Waals surface area contributed by atoms with Gasteiger partial charge in [0.25, 0.3) is 0 Å². The fraction of sp³-hybridized carbons (Fsp3) is 0.350. The predicted molar refractivity (Wildman–Crippen MR) is 99.1 cm³/mol. The Morgan fingerprint density at radius 3 is 2.52 bits per heavy atom. The van der Waals surface area contributed by atoms with Crippen LogP contribution in [-0.4, -0.2) is 47.4 Å². The summed E-state index contributed by atoms with van der Waals surface area (Å²) in [5.74, 6) is -1.65. The molecule has 0 aromatic heterocycles. The van der Waals surface area contributed by atoms with Crippen LogP contribution in [-0.2, 0) is 0 Å². The molecular weight excluding hydrogens is 354 g/mol. The number of hydrogen-bond donors (Lipinski definition) is 2. The highest BCUT2D eigenvalue weighted by atomic mass is 19.1. The third kappa shape index (κ3) is 4.36. The number of carbonyl (C=O) groups is 1. The molecule has 2 aromatic rings. The monoisotopic (exact) mass is 376 g/mol. The summed E-state index contributed by atoms with van der Waals surface area (Å²) in [7, 11) is 2.02. The molecule has 1 heterocycles. The van der Waals surface area contributed by atoms with Crippen molar-refractivity contribution in [3.63, 3.8) is 0 Å². The SMILES string of the molecule is CN1CCCC1CCN(C(=O)O)c1ccc(O)cc1-c1cc(F)cc(F)c1. The van der Waals surface area contributed by atoms with Gasteiger partial charge >= 0.3 is 6.09 Å². The summed E-state index contributed by atoms with van der Waals surface area (Å²) in [6.45, 7) is 1.24. The number of phenols is 1. The van der Waals surface area contributed by atoms with Gasteiger partial charge in [-0.2, -0.15) is 0 Å². The second-order valence-electron chi connectivity index (χ2n) is 6.86. The zero-order valence-electron chi connectivity index (χ0n) is 15.0. The maximum absolute atomic E-state index is 13.7. The van der Waals surface area contributed by atoms with E-state index in [0.29, 0.717) is 12.5 Å². The Bertz CT molecular complexity index is 824. The van der Waals surface area contributed by atoms with E-state index in [2.05, 4.69) is 4.90 Å². The summed E-state index contributed by atoms with van der Waals surface area (Å²) in [5.41, 5.74) is 0.712. The topological polar surface area (TPSA) is 64.0 Å². The van der Waals surface area contributed by atoms with Gasteiger partial charge in [-0.25, -0.2) is 13.6 Å². The van der Waals surface area contributed by atoms with E-state index in [4.69, 9.17) is 0 Å². The Balaban J connectivity index is 1.96. The van der Waals surface area contributed by atoms with E-state index < -0.39 is 17.7 Å². The zero-order valence-corrected chi connectivity index (χ0v) is 15.0. The molecule has 5 nitrogen and oxygen atoms in total. The van der Waals surface area contributed by atoms with Gasteiger partial charge in [-0.15, -0.1) is 0 Å². The van der Waals surface area contributed by atoms with Gasteiger partial charge in [-0.1, -0.05) is 0 Å². The van der Waals surface area contributed by atoms with E-state index in [9.17, 15) is 23.8 Å². The Hall–Kier alpha value is -2.67. The van der Waals surface area contributed by atoms with E-state index in [0.717, 1.165) is 37.6 Å². The molecule has 2 aromatic carbocycles. The second-order valence-corrected chi connectivity index (χ2v) is 6.86. The quantitative estimate of drug-likeness (QED) is 0.816. The van der Waals surface area contributed by atoms with E-state index in [1.54, 1.807) is 0 Å². The summed E-state index contributed by atoms with van der Waals surface area (Å²) in [5, 5.41) is 19.6. The van der Waals surface area contributed by atoms with E-state index in [1.807, 2.05) is 7.05 Å². The minimum Gasteiger partial charge on any atom is -0.508 e. The van der Waals surface area contributed by atoms with Crippen molar-refractivity contribution in [3.8, 4) is 16.9 Å². The van der Waals surface area contributed by atoms with Gasteiger partial charge in [0.2, 0.25) is 0 Å². The van der Waals surface area contributed by atoms with E-state index >= 15 is 0 Å². The Labute approximate surface area is 156 Å². The van der Waals surface area contributed by atoms with Crippen molar-refractivity contribution in [1.29, 1.82) is 0 Å². The molecule has 3 rings (SSSR count). The third-order valence-electron chi connectivity index (χ3n) is 5.03. The molecule has 144 valence electrons. The van der Waals surface area contributed by atoms with Gasteiger partial charge in [0, 0.05) is 24.2 Å². The van der Waals surface area contributed by atoms with Crippen LogP contribution in [0.1, 0.15) is 19.3 Å². The molecule has 1 atom stereocenters. The average Bonchev–Trinajstić information content (AvgIpc) is 3.00. The van der Waals surface area contributed by atoms with E-state index in [-0.39, 0.29) is 29.1 Å². The number of rotatable bonds is 5. The lowest BCUT2D eigenvalue weighted by Crippen LogP contribution is -2.35. The molecule has 0 aliphatic carbocycles. The first-order chi connectivity index (χ1) is 12.8. The van der Waals surface area contributed by atoms with Crippen LogP contribution in [0.25, 0.3) is 11.1 Å². The number of benzene rings is 2. The molecule has 1 saturated heterocycles. The van der Waals surface area contributed by atoms with Crippen molar-refractivity contribution in [3.05, 3.63) is 48.0 Å². The van der Waals surface area contributed by atoms with Crippen LogP contribution >= 0.6 is 0 Å². The molecule has 0 bridgehead atoms. The number of phenolic OH excluding ortho intramolecular Hbond substituents is 1. The van der Waals surface area contributed by atoms with Gasteiger partial charge in [0.15, 0.2) is 0 Å². The molecule has 2 N–H and O–H groups in total. The van der Waals surface area contributed by atoms with Gasteiger partial charge in [-0.05, 0) is 68.8 Å². The first-order valence-electron chi connectivity index (χ1n) is 8.85. The van der Waals surface area contributed by atoms with Gasteiger partial charge in [0.1, 0.15) is 17.4 Å². The molecule has 1 fully saturated rings. The first kappa shape index (κ1) is 19.1. The third-order valence-corrected chi connectivity index (χ3v) is 5.03. The van der Waals surface area contributed by atoms with Crippen LogP contribution in [0.2, 0.25) is 0 Å². The minimum absolute atomic E-state index is 0.112. The number of aromatic hydroxyl groups is 1. The highest BCUT2D eigenvalue weighted by molar-refractivity contribution is 5.93. The number of amides is 1. The van der Waals surface area contributed by atoms with Crippen molar-refractivity contribution in [2.45, 2.75) is 25.3 Å². The summed E-state index contributed by atoms with van der Waals surface area (Å²) >= 11 is 0. The molecular formula is C20H22F2N2O3. The fourth-order valence-corrected chi connectivity index (χ4v) is 3.64. The summed E-state index contributed by atoms with van der Waals surface area (Å²) < 4.78 is 27.3. The number of halogens is 2. The van der Waals surface area contributed by atoms with Crippen molar-refractivity contribution in [2.24, 2.45) is 0 Å². The number of anilines is 1. The number of nitrogens with zero attached hydrogens (tertiary/aromatic N) is 2. The molecule has 1 aliphatic rings. The van der Waals surface area contributed by atoms with Crippen molar-refractivity contribution < 1.29 is 23.8 Å². The Kier molecular flexibility index (Phi) is 5.60. The van der Waals surface area contributed by atoms with Crippen LogP contribution in [0, 0.1) is 11.6 Å². The number of likely N-dealkylation sites (tertiary alicyclic amines) is 1. The van der Waals surface area contributed by atoms with Gasteiger partial charge in [0.05, 0.1) is 5.69 Å². The molecule has 1 aliphatic heterocycles. The molecule has 1 amide bonds. The van der Waals surface area contributed by atoms with Crippen LogP contribution in [0.4, 0.5) is 19.3 Å². The Morgan fingerprint density at radius 2 is 1.93 bits per heavy atom.